The summed E-state index contributed by atoms with van der Waals surface area (Å²) in [5.74, 6) is -0.491. The lowest BCUT2D eigenvalue weighted by molar-refractivity contribution is 0.159. The zero-order valence-corrected chi connectivity index (χ0v) is 15.3. The van der Waals surface area contributed by atoms with Gasteiger partial charge in [0.25, 0.3) is 5.56 Å². The number of aryl methyl sites for hydroxylation is 2. The molecule has 142 valence electrons. The van der Waals surface area contributed by atoms with Crippen LogP contribution >= 0.6 is 0 Å². The van der Waals surface area contributed by atoms with Crippen molar-refractivity contribution in [3.8, 4) is 11.1 Å². The maximum Gasteiger partial charge on any atom is 0.370 e. The molecule has 1 aliphatic carbocycles. The maximum atomic E-state index is 15.1. The summed E-state index contributed by atoms with van der Waals surface area (Å²) in [5.41, 5.74) is 2.27. The molecule has 0 spiro atoms. The molecule has 1 aromatic carbocycles. The number of imidazole rings is 1. The molecule has 3 heterocycles. The van der Waals surface area contributed by atoms with Crippen LogP contribution in [0.15, 0.2) is 39.9 Å². The van der Waals surface area contributed by atoms with Gasteiger partial charge >= 0.3 is 5.69 Å². The van der Waals surface area contributed by atoms with E-state index in [9.17, 15) is 14.8 Å². The van der Waals surface area contributed by atoms with Crippen molar-refractivity contribution in [1.29, 1.82) is 0 Å². The molecule has 1 fully saturated rings. The minimum atomic E-state index is -0.908. The van der Waals surface area contributed by atoms with Crippen LogP contribution in [0.3, 0.4) is 0 Å². The second-order valence-corrected chi connectivity index (χ2v) is 7.33. The molecule has 0 aliphatic heterocycles. The van der Waals surface area contributed by atoms with E-state index in [-0.39, 0.29) is 10.8 Å². The summed E-state index contributed by atoms with van der Waals surface area (Å²) in [7, 11) is 0. The number of fused-ring (bicyclic) bond motifs is 3. The molecule has 4 aromatic rings. The van der Waals surface area contributed by atoms with Gasteiger partial charge in [-0.1, -0.05) is 4.73 Å². The van der Waals surface area contributed by atoms with Crippen molar-refractivity contribution in [2.45, 2.75) is 32.7 Å². The van der Waals surface area contributed by atoms with Crippen LogP contribution in [0.2, 0.25) is 0 Å². The van der Waals surface area contributed by atoms with Crippen LogP contribution in [0.25, 0.3) is 27.8 Å². The smallest absolute Gasteiger partial charge is 0.370 e. The van der Waals surface area contributed by atoms with E-state index in [2.05, 4.69) is 4.98 Å². The number of hydrogen-bond acceptors (Lipinski definition) is 4. The number of halogens is 1. The van der Waals surface area contributed by atoms with E-state index in [0.717, 1.165) is 24.2 Å². The van der Waals surface area contributed by atoms with Crippen LogP contribution in [0.5, 0.6) is 0 Å². The van der Waals surface area contributed by atoms with E-state index in [1.807, 2.05) is 30.5 Å². The fourth-order valence-corrected chi connectivity index (χ4v) is 3.90. The number of benzene rings is 1. The summed E-state index contributed by atoms with van der Waals surface area (Å²) >= 11 is 0. The van der Waals surface area contributed by atoms with E-state index in [4.69, 9.17) is 0 Å². The highest BCUT2D eigenvalue weighted by Crippen LogP contribution is 2.40. The molecule has 0 atom stereocenters. The number of hydrogen-bond donors (Lipinski definition) is 1. The van der Waals surface area contributed by atoms with Gasteiger partial charge in [-0.2, -0.15) is 0 Å². The molecular formula is C20H17FN4O3. The van der Waals surface area contributed by atoms with E-state index in [1.165, 1.54) is 16.5 Å². The molecular weight excluding hydrogens is 363 g/mol. The van der Waals surface area contributed by atoms with Crippen molar-refractivity contribution in [2.75, 3.05) is 0 Å². The third-order valence-corrected chi connectivity index (χ3v) is 5.18. The first-order valence-electron chi connectivity index (χ1n) is 9.02. The average Bonchev–Trinajstić information content (AvgIpc) is 3.41. The zero-order valence-electron chi connectivity index (χ0n) is 15.3. The minimum absolute atomic E-state index is 0.0467. The SMILES string of the molecule is Cc1cc(-c2cc3c(cc2F)n2c(=O)n(O)c(=O)cc2n3C2CC2)cc(C)n1. The molecule has 1 aliphatic rings. The summed E-state index contributed by atoms with van der Waals surface area (Å²) in [6.07, 6.45) is 1.83. The predicted molar refractivity (Wildman–Crippen MR) is 102 cm³/mol. The zero-order chi connectivity index (χ0) is 19.7. The molecule has 1 N–H and O–H groups in total. The standard InChI is InChI=1S/C20H17FN4O3/c1-10-5-12(6-11(2)22-10)14-7-16-17(8-15(14)21)24-18(23(16)13-3-4-13)9-19(26)25(28)20(24)27/h5-9,13,28H,3-4H2,1-2H3. The second-order valence-electron chi connectivity index (χ2n) is 7.33. The molecule has 3 aromatic heterocycles. The average molecular weight is 380 g/mol. The van der Waals surface area contributed by atoms with Gasteiger partial charge in [0.15, 0.2) is 0 Å². The van der Waals surface area contributed by atoms with Crippen LogP contribution < -0.4 is 11.2 Å². The number of pyridine rings is 1. The Labute approximate surface area is 157 Å². The summed E-state index contributed by atoms with van der Waals surface area (Å²) in [6.45, 7) is 3.70. The molecule has 1 saturated carbocycles. The van der Waals surface area contributed by atoms with Gasteiger partial charge in [-0.25, -0.2) is 13.6 Å². The highest BCUT2D eigenvalue weighted by atomic mass is 19.1. The normalized spacial score (nSPS) is 14.2. The molecule has 28 heavy (non-hydrogen) atoms. The number of nitrogens with zero attached hydrogens (tertiary/aromatic N) is 4. The van der Waals surface area contributed by atoms with Crippen molar-refractivity contribution < 1.29 is 9.60 Å². The second kappa shape index (κ2) is 5.54. The van der Waals surface area contributed by atoms with Crippen LogP contribution in [0.1, 0.15) is 30.3 Å². The van der Waals surface area contributed by atoms with E-state index in [0.29, 0.717) is 27.8 Å². The van der Waals surface area contributed by atoms with Crippen LogP contribution in [0, 0.1) is 19.7 Å². The topological polar surface area (TPSA) is 81.5 Å². The highest BCUT2D eigenvalue weighted by molar-refractivity contribution is 5.87. The van der Waals surface area contributed by atoms with Gasteiger partial charge in [-0.3, -0.25) is 9.78 Å². The Morgan fingerprint density at radius 1 is 1.04 bits per heavy atom. The fourth-order valence-electron chi connectivity index (χ4n) is 3.90. The van der Waals surface area contributed by atoms with Crippen molar-refractivity contribution in [1.82, 2.24) is 18.7 Å². The van der Waals surface area contributed by atoms with Gasteiger partial charge < -0.3 is 9.77 Å². The first-order valence-corrected chi connectivity index (χ1v) is 9.02. The summed E-state index contributed by atoms with van der Waals surface area (Å²) < 4.78 is 18.2. The van der Waals surface area contributed by atoms with E-state index >= 15 is 4.39 Å². The Balaban J connectivity index is 1.93. The molecule has 8 heteroatoms. The largest absolute Gasteiger partial charge is 0.421 e. The lowest BCUT2D eigenvalue weighted by atomic mass is 10.0. The molecule has 5 rings (SSSR count). The Morgan fingerprint density at radius 3 is 2.36 bits per heavy atom. The monoisotopic (exact) mass is 380 g/mol. The highest BCUT2D eigenvalue weighted by Gasteiger charge is 2.29. The van der Waals surface area contributed by atoms with Crippen molar-refractivity contribution in [2.24, 2.45) is 0 Å². The third kappa shape index (κ3) is 2.30. The third-order valence-electron chi connectivity index (χ3n) is 5.18. The van der Waals surface area contributed by atoms with Crippen LogP contribution in [0.4, 0.5) is 4.39 Å². The number of rotatable bonds is 2. The van der Waals surface area contributed by atoms with Gasteiger partial charge in [0, 0.05) is 35.1 Å². The van der Waals surface area contributed by atoms with Gasteiger partial charge in [-0.15, -0.1) is 0 Å². The van der Waals surface area contributed by atoms with Crippen molar-refractivity contribution >= 4 is 16.7 Å². The molecule has 0 bridgehead atoms. The van der Waals surface area contributed by atoms with E-state index < -0.39 is 17.1 Å². The first kappa shape index (κ1) is 16.7. The Morgan fingerprint density at radius 2 is 1.71 bits per heavy atom. The quantitative estimate of drug-likeness (QED) is 0.542. The van der Waals surface area contributed by atoms with Crippen molar-refractivity contribution in [3.63, 3.8) is 0 Å². The predicted octanol–water partition coefficient (Wildman–Crippen LogP) is 2.81. The Bertz CT molecular complexity index is 1390. The molecule has 0 amide bonds. The molecule has 0 unspecified atom stereocenters. The fraction of sp³-hybridized carbons (Fsp3) is 0.250. The van der Waals surface area contributed by atoms with Crippen LogP contribution in [-0.2, 0) is 0 Å². The van der Waals surface area contributed by atoms with Gasteiger partial charge in [0.05, 0.1) is 11.0 Å². The Hall–Kier alpha value is -3.42. The van der Waals surface area contributed by atoms with Crippen LogP contribution in [-0.4, -0.2) is 23.9 Å². The van der Waals surface area contributed by atoms with Crippen molar-refractivity contribution in [3.05, 3.63) is 68.4 Å². The molecule has 0 radical (unpaired) electrons. The maximum absolute atomic E-state index is 15.1. The Kier molecular flexibility index (Phi) is 3.31. The number of aromatic nitrogens is 4. The summed E-state index contributed by atoms with van der Waals surface area (Å²) in [4.78, 5) is 28.8. The summed E-state index contributed by atoms with van der Waals surface area (Å²) in [5, 5.41) is 9.75. The van der Waals surface area contributed by atoms with Gasteiger partial charge in [-0.05, 0) is 50.5 Å². The van der Waals surface area contributed by atoms with Gasteiger partial charge in [0.1, 0.15) is 11.5 Å². The first-order chi connectivity index (χ1) is 13.3. The lowest BCUT2D eigenvalue weighted by Gasteiger charge is -2.08. The van der Waals surface area contributed by atoms with Gasteiger partial charge in [0.2, 0.25) is 0 Å². The summed E-state index contributed by atoms with van der Waals surface area (Å²) in [6, 6.07) is 7.96. The molecule has 7 nitrogen and oxygen atoms in total. The van der Waals surface area contributed by atoms with E-state index in [1.54, 1.807) is 6.07 Å². The molecule has 0 saturated heterocycles. The lowest BCUT2D eigenvalue weighted by Crippen LogP contribution is -2.35. The minimum Gasteiger partial charge on any atom is -0.421 e.